The number of methoxy groups -OCH3 is 2. The van der Waals surface area contributed by atoms with Crippen LogP contribution in [0.5, 0.6) is 11.5 Å². The Morgan fingerprint density at radius 1 is 1.04 bits per heavy atom. The van der Waals surface area contributed by atoms with E-state index < -0.39 is 0 Å². The molecule has 5 nitrogen and oxygen atoms in total. The Labute approximate surface area is 174 Å². The highest BCUT2D eigenvalue weighted by Crippen LogP contribution is 2.43. The zero-order valence-corrected chi connectivity index (χ0v) is 17.3. The van der Waals surface area contributed by atoms with Gasteiger partial charge in [0.25, 0.3) is 0 Å². The Morgan fingerprint density at radius 2 is 1.79 bits per heavy atom. The van der Waals surface area contributed by atoms with Crippen molar-refractivity contribution in [2.45, 2.75) is 19.3 Å². The van der Waals surface area contributed by atoms with Crippen LogP contribution in [-0.2, 0) is 6.42 Å². The lowest BCUT2D eigenvalue weighted by Gasteiger charge is -2.12. The molecule has 2 aromatic carbocycles. The van der Waals surface area contributed by atoms with Crippen molar-refractivity contribution in [3.8, 4) is 28.4 Å². The Balaban J connectivity index is 2.01. The molecule has 7 heteroatoms. The predicted octanol–water partition coefficient (Wildman–Crippen LogP) is 5.61. The fourth-order valence-electron chi connectivity index (χ4n) is 3.61. The van der Waals surface area contributed by atoms with Gasteiger partial charge in [0.1, 0.15) is 23.0 Å². The molecule has 3 aromatic rings. The van der Waals surface area contributed by atoms with Crippen LogP contribution in [0.25, 0.3) is 16.9 Å². The van der Waals surface area contributed by atoms with Gasteiger partial charge in [0.05, 0.1) is 30.5 Å². The monoisotopic (exact) mass is 417 g/mol. The fourth-order valence-corrected chi connectivity index (χ4v) is 3.97. The van der Waals surface area contributed by atoms with Crippen LogP contribution >= 0.6 is 23.2 Å². The predicted molar refractivity (Wildman–Crippen MR) is 114 cm³/mol. The van der Waals surface area contributed by atoms with Gasteiger partial charge in [0, 0.05) is 17.1 Å². The summed E-state index contributed by atoms with van der Waals surface area (Å²) < 4.78 is 13.1. The highest BCUT2D eigenvalue weighted by atomic mass is 35.5. The van der Waals surface area contributed by atoms with Crippen molar-refractivity contribution < 1.29 is 9.47 Å². The van der Waals surface area contributed by atoms with Gasteiger partial charge in [0.2, 0.25) is 0 Å². The van der Waals surface area contributed by atoms with E-state index in [2.05, 4.69) is 5.32 Å². The van der Waals surface area contributed by atoms with Gasteiger partial charge in [-0.25, -0.2) is 4.68 Å². The summed E-state index contributed by atoms with van der Waals surface area (Å²) in [4.78, 5) is 0. The molecule has 0 saturated carbocycles. The van der Waals surface area contributed by atoms with Crippen LogP contribution in [0.3, 0.4) is 0 Å². The van der Waals surface area contributed by atoms with Crippen molar-refractivity contribution >= 4 is 29.0 Å². The molecule has 0 unspecified atom stereocenters. The van der Waals surface area contributed by atoms with Crippen molar-refractivity contribution in [2.75, 3.05) is 26.1 Å². The molecule has 0 aliphatic carbocycles. The number of ether oxygens (including phenoxy) is 2. The topological polar surface area (TPSA) is 48.3 Å². The summed E-state index contributed by atoms with van der Waals surface area (Å²) in [7, 11) is 3.31. The summed E-state index contributed by atoms with van der Waals surface area (Å²) in [6, 6.07) is 11.1. The largest absolute Gasteiger partial charge is 0.496 e. The van der Waals surface area contributed by atoms with Crippen LogP contribution in [0.2, 0.25) is 10.0 Å². The summed E-state index contributed by atoms with van der Waals surface area (Å²) in [5.74, 6) is 2.37. The molecule has 0 atom stereocenters. The van der Waals surface area contributed by atoms with Crippen molar-refractivity contribution in [2.24, 2.45) is 0 Å². The van der Waals surface area contributed by atoms with Gasteiger partial charge in [-0.3, -0.25) is 0 Å². The zero-order valence-electron chi connectivity index (χ0n) is 15.8. The van der Waals surface area contributed by atoms with E-state index >= 15 is 0 Å². The van der Waals surface area contributed by atoms with E-state index in [1.807, 2.05) is 28.9 Å². The molecule has 0 radical (unpaired) electrons. The van der Waals surface area contributed by atoms with Crippen molar-refractivity contribution in [3.63, 3.8) is 0 Å². The van der Waals surface area contributed by atoms with E-state index in [9.17, 15) is 0 Å². The smallest absolute Gasteiger partial charge is 0.133 e. The molecule has 4 rings (SSSR count). The second kappa shape index (κ2) is 7.94. The lowest BCUT2D eigenvalue weighted by Crippen LogP contribution is -2.07. The average molecular weight is 418 g/mol. The SMILES string of the molecule is COc1cccc(OC)c1-c1nn(-c2cc(Cl)ccc2Cl)c2c1CCCCN2. The van der Waals surface area contributed by atoms with Crippen LogP contribution in [-0.4, -0.2) is 30.5 Å². The van der Waals surface area contributed by atoms with Gasteiger partial charge in [-0.15, -0.1) is 0 Å². The fraction of sp³-hybridized carbons (Fsp3) is 0.286. The van der Waals surface area contributed by atoms with Gasteiger partial charge in [-0.2, -0.15) is 5.10 Å². The standard InChI is InChI=1S/C21H21Cl2N3O2/c1-27-17-7-5-8-18(28-2)19(17)20-14-6-3-4-11-24-21(14)26(25-20)16-12-13(22)9-10-15(16)23/h5,7-10,12,24H,3-4,6,11H2,1-2H3. The minimum Gasteiger partial charge on any atom is -0.496 e. The molecule has 2 heterocycles. The number of nitrogens with zero attached hydrogens (tertiary/aromatic N) is 2. The number of benzene rings is 2. The van der Waals surface area contributed by atoms with Crippen LogP contribution in [0.1, 0.15) is 18.4 Å². The van der Waals surface area contributed by atoms with E-state index in [-0.39, 0.29) is 0 Å². The van der Waals surface area contributed by atoms with Crippen LogP contribution < -0.4 is 14.8 Å². The molecule has 1 N–H and O–H groups in total. The molecule has 1 aliphatic heterocycles. The third kappa shape index (κ3) is 3.29. The summed E-state index contributed by atoms with van der Waals surface area (Å²) in [5, 5.41) is 9.65. The number of halogens is 2. The summed E-state index contributed by atoms with van der Waals surface area (Å²) >= 11 is 12.7. The molecule has 0 fully saturated rings. The van der Waals surface area contributed by atoms with Crippen molar-refractivity contribution in [1.82, 2.24) is 9.78 Å². The quantitative estimate of drug-likeness (QED) is 0.598. The molecular formula is C21H21Cl2N3O2. The maximum absolute atomic E-state index is 6.49. The molecule has 1 aliphatic rings. The van der Waals surface area contributed by atoms with Crippen LogP contribution in [0, 0.1) is 0 Å². The average Bonchev–Trinajstić information content (AvgIpc) is 2.89. The molecule has 1 aromatic heterocycles. The summed E-state index contributed by atoms with van der Waals surface area (Å²) in [6.45, 7) is 0.874. The van der Waals surface area contributed by atoms with Gasteiger partial charge >= 0.3 is 0 Å². The number of anilines is 1. The molecule has 0 spiro atoms. The maximum Gasteiger partial charge on any atom is 0.133 e. The molecule has 0 amide bonds. The second-order valence-electron chi connectivity index (χ2n) is 6.60. The highest BCUT2D eigenvalue weighted by Gasteiger charge is 2.26. The van der Waals surface area contributed by atoms with Crippen LogP contribution in [0.4, 0.5) is 5.82 Å². The lowest BCUT2D eigenvalue weighted by atomic mass is 10.0. The maximum atomic E-state index is 6.49. The first-order valence-corrected chi connectivity index (χ1v) is 9.92. The van der Waals surface area contributed by atoms with Crippen molar-refractivity contribution in [3.05, 3.63) is 52.0 Å². The van der Waals surface area contributed by atoms with Gasteiger partial charge < -0.3 is 14.8 Å². The van der Waals surface area contributed by atoms with E-state index in [0.717, 1.165) is 54.1 Å². The number of fused-ring (bicyclic) bond motifs is 1. The van der Waals surface area contributed by atoms with E-state index in [4.69, 9.17) is 37.8 Å². The first-order chi connectivity index (χ1) is 13.6. The minimum atomic E-state index is 0.583. The Bertz CT molecular complexity index is 995. The number of hydrogen-bond acceptors (Lipinski definition) is 4. The Morgan fingerprint density at radius 3 is 2.50 bits per heavy atom. The molecule has 146 valence electrons. The molecule has 0 bridgehead atoms. The van der Waals surface area contributed by atoms with E-state index in [1.54, 1.807) is 26.4 Å². The first-order valence-electron chi connectivity index (χ1n) is 9.16. The van der Waals surface area contributed by atoms with Gasteiger partial charge in [-0.1, -0.05) is 29.3 Å². The Hall–Kier alpha value is -2.37. The normalized spacial score (nSPS) is 13.4. The Kier molecular flexibility index (Phi) is 5.38. The first kappa shape index (κ1) is 19.0. The summed E-state index contributed by atoms with van der Waals surface area (Å²) in [5.41, 5.74) is 3.52. The second-order valence-corrected chi connectivity index (χ2v) is 7.45. The van der Waals surface area contributed by atoms with Gasteiger partial charge in [0.15, 0.2) is 0 Å². The number of aromatic nitrogens is 2. The van der Waals surface area contributed by atoms with Gasteiger partial charge in [-0.05, 0) is 49.6 Å². The number of hydrogen-bond donors (Lipinski definition) is 1. The van der Waals surface area contributed by atoms with E-state index in [1.165, 1.54) is 0 Å². The molecule has 0 saturated heterocycles. The van der Waals surface area contributed by atoms with E-state index in [0.29, 0.717) is 21.5 Å². The minimum absolute atomic E-state index is 0.583. The van der Waals surface area contributed by atoms with Crippen molar-refractivity contribution in [1.29, 1.82) is 0 Å². The molecular weight excluding hydrogens is 397 g/mol. The lowest BCUT2D eigenvalue weighted by molar-refractivity contribution is 0.397. The molecule has 28 heavy (non-hydrogen) atoms. The number of rotatable bonds is 4. The summed E-state index contributed by atoms with van der Waals surface area (Å²) in [6.07, 6.45) is 3.05. The highest BCUT2D eigenvalue weighted by molar-refractivity contribution is 6.34. The third-order valence-electron chi connectivity index (χ3n) is 4.93. The third-order valence-corrected chi connectivity index (χ3v) is 5.49. The van der Waals surface area contributed by atoms with Crippen LogP contribution in [0.15, 0.2) is 36.4 Å². The zero-order chi connectivity index (χ0) is 19.7. The number of nitrogens with one attached hydrogen (secondary N) is 1.